The number of hydrogen-bond donors (Lipinski definition) is 0. The van der Waals surface area contributed by atoms with E-state index in [1.807, 2.05) is 25.1 Å². The Morgan fingerprint density at radius 1 is 0.962 bits per heavy atom. The number of esters is 1. The van der Waals surface area contributed by atoms with Crippen LogP contribution in [0, 0.1) is 6.92 Å². The summed E-state index contributed by atoms with van der Waals surface area (Å²) in [6, 6.07) is 18.0. The summed E-state index contributed by atoms with van der Waals surface area (Å²) in [5.74, 6) is 0.681. The number of ketones is 1. The molecule has 1 heterocycles. The maximum Gasteiger partial charge on any atom is 0.337 e. The van der Waals surface area contributed by atoms with Gasteiger partial charge in [-0.15, -0.1) is 0 Å². The maximum absolute atomic E-state index is 12.2. The van der Waals surface area contributed by atoms with Crippen molar-refractivity contribution < 1.29 is 18.7 Å². The summed E-state index contributed by atoms with van der Waals surface area (Å²) in [6.07, 6.45) is 3.12. The normalized spacial score (nSPS) is 10.8. The zero-order chi connectivity index (χ0) is 18.5. The van der Waals surface area contributed by atoms with E-state index in [0.29, 0.717) is 22.6 Å². The highest BCUT2D eigenvalue weighted by molar-refractivity contribution is 6.06. The predicted octanol–water partition coefficient (Wildman–Crippen LogP) is 4.94. The Labute approximate surface area is 151 Å². The van der Waals surface area contributed by atoms with Crippen LogP contribution in [0.1, 0.15) is 32.0 Å². The maximum atomic E-state index is 12.2. The standard InChI is InChI=1S/C22H18O4/c1-15-6-8-16(9-7-15)20(23)12-10-19-11-13-21(26-19)17-4-3-5-18(14-17)22(24)25-2/h3-14H,1-2H3/b12-10+. The zero-order valence-electron chi connectivity index (χ0n) is 14.6. The highest BCUT2D eigenvalue weighted by atomic mass is 16.5. The number of aryl methyl sites for hydroxylation is 1. The number of methoxy groups -OCH3 is 1. The van der Waals surface area contributed by atoms with Crippen molar-refractivity contribution in [2.75, 3.05) is 7.11 Å². The molecule has 3 aromatic rings. The quantitative estimate of drug-likeness (QED) is 0.373. The molecule has 0 aliphatic heterocycles. The lowest BCUT2D eigenvalue weighted by atomic mass is 10.1. The van der Waals surface area contributed by atoms with Crippen LogP contribution in [0.4, 0.5) is 0 Å². The Bertz CT molecular complexity index is 962. The van der Waals surface area contributed by atoms with Crippen molar-refractivity contribution in [2.24, 2.45) is 0 Å². The van der Waals surface area contributed by atoms with Crippen LogP contribution in [0.15, 0.2) is 71.2 Å². The molecule has 0 radical (unpaired) electrons. The Morgan fingerprint density at radius 2 is 1.73 bits per heavy atom. The van der Waals surface area contributed by atoms with E-state index < -0.39 is 5.97 Å². The number of carbonyl (C=O) groups excluding carboxylic acids is 2. The fourth-order valence-electron chi connectivity index (χ4n) is 2.49. The van der Waals surface area contributed by atoms with E-state index >= 15 is 0 Å². The van der Waals surface area contributed by atoms with E-state index in [9.17, 15) is 9.59 Å². The minimum absolute atomic E-state index is 0.0874. The van der Waals surface area contributed by atoms with Gasteiger partial charge in [-0.3, -0.25) is 4.79 Å². The molecule has 0 saturated carbocycles. The lowest BCUT2D eigenvalue weighted by Gasteiger charge is -2.01. The molecule has 0 aliphatic carbocycles. The first kappa shape index (κ1) is 17.4. The zero-order valence-corrected chi connectivity index (χ0v) is 14.6. The molecule has 1 aromatic heterocycles. The molecule has 0 spiro atoms. The summed E-state index contributed by atoms with van der Waals surface area (Å²) in [4.78, 5) is 23.8. The number of rotatable bonds is 5. The second kappa shape index (κ2) is 7.66. The van der Waals surface area contributed by atoms with Gasteiger partial charge >= 0.3 is 5.97 Å². The number of ether oxygens (including phenoxy) is 1. The molecule has 0 saturated heterocycles. The summed E-state index contributed by atoms with van der Waals surface area (Å²) in [7, 11) is 1.34. The highest BCUT2D eigenvalue weighted by Gasteiger charge is 2.09. The van der Waals surface area contributed by atoms with Crippen molar-refractivity contribution in [1.82, 2.24) is 0 Å². The number of hydrogen-bond acceptors (Lipinski definition) is 4. The van der Waals surface area contributed by atoms with Crippen LogP contribution in [0.25, 0.3) is 17.4 Å². The molecule has 0 fully saturated rings. The fourth-order valence-corrected chi connectivity index (χ4v) is 2.49. The van der Waals surface area contributed by atoms with Crippen molar-refractivity contribution in [3.05, 3.63) is 89.2 Å². The van der Waals surface area contributed by atoms with E-state index in [1.165, 1.54) is 13.2 Å². The molecule has 0 amide bonds. The summed E-state index contributed by atoms with van der Waals surface area (Å²) < 4.78 is 10.5. The second-order valence-corrected chi connectivity index (χ2v) is 5.84. The fraction of sp³-hybridized carbons (Fsp3) is 0.0909. The van der Waals surface area contributed by atoms with Gasteiger partial charge in [-0.25, -0.2) is 4.79 Å². The van der Waals surface area contributed by atoms with Gasteiger partial charge in [-0.05, 0) is 43.3 Å². The van der Waals surface area contributed by atoms with Crippen molar-refractivity contribution in [3.8, 4) is 11.3 Å². The van der Waals surface area contributed by atoms with Gasteiger partial charge in [-0.2, -0.15) is 0 Å². The van der Waals surface area contributed by atoms with Crippen molar-refractivity contribution in [1.29, 1.82) is 0 Å². The lowest BCUT2D eigenvalue weighted by molar-refractivity contribution is 0.0600. The van der Waals surface area contributed by atoms with Crippen LogP contribution < -0.4 is 0 Å². The van der Waals surface area contributed by atoms with E-state index in [-0.39, 0.29) is 5.78 Å². The minimum atomic E-state index is -0.401. The van der Waals surface area contributed by atoms with E-state index in [0.717, 1.165) is 11.1 Å². The van der Waals surface area contributed by atoms with Gasteiger partial charge in [0.15, 0.2) is 5.78 Å². The molecule has 0 bridgehead atoms. The van der Waals surface area contributed by atoms with Crippen LogP contribution in [0.3, 0.4) is 0 Å². The molecular formula is C22H18O4. The molecule has 0 unspecified atom stereocenters. The minimum Gasteiger partial charge on any atom is -0.465 e. The molecule has 0 aliphatic rings. The predicted molar refractivity (Wildman–Crippen MR) is 100 cm³/mol. The first-order chi connectivity index (χ1) is 12.6. The van der Waals surface area contributed by atoms with Crippen molar-refractivity contribution >= 4 is 17.8 Å². The molecule has 26 heavy (non-hydrogen) atoms. The molecule has 0 atom stereocenters. The van der Waals surface area contributed by atoms with E-state index in [1.54, 1.807) is 48.5 Å². The molecule has 4 nitrogen and oxygen atoms in total. The number of benzene rings is 2. The smallest absolute Gasteiger partial charge is 0.337 e. The molecule has 3 rings (SSSR count). The van der Waals surface area contributed by atoms with E-state index in [2.05, 4.69) is 0 Å². The van der Waals surface area contributed by atoms with Crippen LogP contribution in [-0.2, 0) is 4.74 Å². The van der Waals surface area contributed by atoms with Gasteiger partial charge in [0.1, 0.15) is 11.5 Å². The number of allylic oxidation sites excluding steroid dienone is 1. The third-order valence-electron chi connectivity index (χ3n) is 3.93. The van der Waals surface area contributed by atoms with Crippen molar-refractivity contribution in [2.45, 2.75) is 6.92 Å². The topological polar surface area (TPSA) is 56.5 Å². The summed E-state index contributed by atoms with van der Waals surface area (Å²) in [6.45, 7) is 1.98. The van der Waals surface area contributed by atoms with Crippen LogP contribution in [0.5, 0.6) is 0 Å². The van der Waals surface area contributed by atoms with Gasteiger partial charge in [0.2, 0.25) is 0 Å². The van der Waals surface area contributed by atoms with Gasteiger partial charge < -0.3 is 9.15 Å². The highest BCUT2D eigenvalue weighted by Crippen LogP contribution is 2.24. The Morgan fingerprint density at radius 3 is 2.46 bits per heavy atom. The van der Waals surface area contributed by atoms with Gasteiger partial charge in [0.25, 0.3) is 0 Å². The Hall–Kier alpha value is -3.40. The molecule has 2 aromatic carbocycles. The van der Waals surface area contributed by atoms with Crippen LogP contribution in [0.2, 0.25) is 0 Å². The summed E-state index contributed by atoms with van der Waals surface area (Å²) >= 11 is 0. The van der Waals surface area contributed by atoms with E-state index in [4.69, 9.17) is 9.15 Å². The first-order valence-electron chi connectivity index (χ1n) is 8.14. The number of furan rings is 1. The number of carbonyl (C=O) groups is 2. The van der Waals surface area contributed by atoms with Crippen LogP contribution >= 0.6 is 0 Å². The van der Waals surface area contributed by atoms with Crippen molar-refractivity contribution in [3.63, 3.8) is 0 Å². The molecule has 4 heteroatoms. The Kier molecular flexibility index (Phi) is 5.13. The lowest BCUT2D eigenvalue weighted by Crippen LogP contribution is -2.00. The monoisotopic (exact) mass is 346 g/mol. The largest absolute Gasteiger partial charge is 0.465 e. The van der Waals surface area contributed by atoms with Gasteiger partial charge in [0, 0.05) is 11.1 Å². The third-order valence-corrected chi connectivity index (χ3v) is 3.93. The van der Waals surface area contributed by atoms with Gasteiger partial charge in [-0.1, -0.05) is 42.0 Å². The summed E-state index contributed by atoms with van der Waals surface area (Å²) in [5.41, 5.74) is 2.95. The third kappa shape index (κ3) is 3.98. The molecule has 130 valence electrons. The molecular weight excluding hydrogens is 328 g/mol. The van der Waals surface area contributed by atoms with Gasteiger partial charge in [0.05, 0.1) is 12.7 Å². The average molecular weight is 346 g/mol. The first-order valence-corrected chi connectivity index (χ1v) is 8.14. The Balaban J connectivity index is 1.76. The SMILES string of the molecule is COC(=O)c1cccc(-c2ccc(/C=C/C(=O)c3ccc(C)cc3)o2)c1. The molecule has 0 N–H and O–H groups in total. The van der Waals surface area contributed by atoms with Crippen LogP contribution in [-0.4, -0.2) is 18.9 Å². The second-order valence-electron chi connectivity index (χ2n) is 5.84. The average Bonchev–Trinajstić information content (AvgIpc) is 3.15. The summed E-state index contributed by atoms with van der Waals surface area (Å²) in [5, 5.41) is 0.